The van der Waals surface area contributed by atoms with Gasteiger partial charge in [-0.25, -0.2) is 0 Å². The highest BCUT2D eigenvalue weighted by Crippen LogP contribution is 2.27. The van der Waals surface area contributed by atoms with Crippen molar-refractivity contribution in [2.75, 3.05) is 12.9 Å². The molecular formula is C28H32N4O2S. The van der Waals surface area contributed by atoms with Crippen LogP contribution >= 0.6 is 11.8 Å². The molecule has 6 nitrogen and oxygen atoms in total. The van der Waals surface area contributed by atoms with Crippen molar-refractivity contribution >= 4 is 17.5 Å². The van der Waals surface area contributed by atoms with E-state index in [4.69, 9.17) is 4.74 Å². The fourth-order valence-corrected chi connectivity index (χ4v) is 5.14. The average molecular weight is 489 g/mol. The van der Waals surface area contributed by atoms with Gasteiger partial charge in [0.15, 0.2) is 16.8 Å². The van der Waals surface area contributed by atoms with E-state index in [1.165, 1.54) is 17.3 Å². The maximum absolute atomic E-state index is 13.1. The van der Waals surface area contributed by atoms with Crippen LogP contribution in [0.15, 0.2) is 65.8 Å². The first-order valence-electron chi connectivity index (χ1n) is 12.0. The molecule has 0 amide bonds. The predicted molar refractivity (Wildman–Crippen MR) is 141 cm³/mol. The van der Waals surface area contributed by atoms with Gasteiger partial charge >= 0.3 is 0 Å². The van der Waals surface area contributed by atoms with Crippen LogP contribution in [0.2, 0.25) is 0 Å². The highest BCUT2D eigenvalue weighted by molar-refractivity contribution is 7.99. The van der Waals surface area contributed by atoms with Crippen molar-refractivity contribution in [3.8, 4) is 17.1 Å². The van der Waals surface area contributed by atoms with Gasteiger partial charge in [-0.05, 0) is 62.6 Å². The van der Waals surface area contributed by atoms with E-state index in [-0.39, 0.29) is 5.78 Å². The smallest absolute Gasteiger partial charge is 0.191 e. The van der Waals surface area contributed by atoms with Crippen LogP contribution in [0.25, 0.3) is 11.4 Å². The molecule has 2 aromatic heterocycles. The highest BCUT2D eigenvalue weighted by Gasteiger charge is 2.19. The molecule has 0 aliphatic carbocycles. The number of methoxy groups -OCH3 is 1. The first-order chi connectivity index (χ1) is 17.0. The molecule has 35 heavy (non-hydrogen) atoms. The first kappa shape index (κ1) is 24.8. The second-order valence-corrected chi connectivity index (χ2v) is 9.51. The Morgan fingerprint density at radius 1 is 0.971 bits per heavy atom. The van der Waals surface area contributed by atoms with Crippen molar-refractivity contribution in [3.63, 3.8) is 0 Å². The minimum Gasteiger partial charge on any atom is -0.497 e. The number of carbonyl (C=O) groups excluding carboxylic acids is 1. The van der Waals surface area contributed by atoms with Crippen molar-refractivity contribution in [1.29, 1.82) is 0 Å². The molecule has 0 atom stereocenters. The van der Waals surface area contributed by atoms with Crippen molar-refractivity contribution < 1.29 is 9.53 Å². The third kappa shape index (κ3) is 5.68. The van der Waals surface area contributed by atoms with E-state index in [1.807, 2.05) is 43.3 Å². The van der Waals surface area contributed by atoms with E-state index >= 15 is 0 Å². The summed E-state index contributed by atoms with van der Waals surface area (Å²) in [5, 5.41) is 9.73. The number of nitrogens with zero attached hydrogens (tertiary/aromatic N) is 4. The van der Waals surface area contributed by atoms with E-state index in [0.717, 1.165) is 65.2 Å². The summed E-state index contributed by atoms with van der Waals surface area (Å²) in [6.07, 6.45) is 1.89. The van der Waals surface area contributed by atoms with E-state index in [2.05, 4.69) is 57.4 Å². The zero-order valence-corrected chi connectivity index (χ0v) is 21.6. The van der Waals surface area contributed by atoms with Gasteiger partial charge in [0, 0.05) is 35.6 Å². The third-order valence-electron chi connectivity index (χ3n) is 6.19. The van der Waals surface area contributed by atoms with Gasteiger partial charge in [-0.2, -0.15) is 0 Å². The van der Waals surface area contributed by atoms with Crippen LogP contribution in [0.1, 0.15) is 40.7 Å². The molecule has 182 valence electrons. The van der Waals surface area contributed by atoms with Gasteiger partial charge < -0.3 is 13.9 Å². The average Bonchev–Trinajstić information content (AvgIpc) is 3.42. The third-order valence-corrected chi connectivity index (χ3v) is 7.15. The van der Waals surface area contributed by atoms with Gasteiger partial charge in [0.05, 0.1) is 12.9 Å². The Labute approximate surface area is 211 Å². The molecule has 0 saturated carbocycles. The van der Waals surface area contributed by atoms with E-state index in [1.54, 1.807) is 7.11 Å². The predicted octanol–water partition coefficient (Wildman–Crippen LogP) is 6.00. The van der Waals surface area contributed by atoms with E-state index in [0.29, 0.717) is 5.75 Å². The topological polar surface area (TPSA) is 61.9 Å². The van der Waals surface area contributed by atoms with E-state index in [9.17, 15) is 4.79 Å². The molecule has 4 rings (SSSR count). The Balaban J connectivity index is 1.57. The molecule has 0 bridgehead atoms. The van der Waals surface area contributed by atoms with Crippen LogP contribution in [-0.4, -0.2) is 38.0 Å². The second-order valence-electron chi connectivity index (χ2n) is 8.57. The van der Waals surface area contributed by atoms with Crippen LogP contribution in [-0.2, 0) is 19.5 Å². The van der Waals surface area contributed by atoms with Gasteiger partial charge in [-0.15, -0.1) is 10.2 Å². The number of benzene rings is 2. The Morgan fingerprint density at radius 3 is 2.40 bits per heavy atom. The molecule has 0 aliphatic heterocycles. The van der Waals surface area contributed by atoms with Crippen LogP contribution in [0.3, 0.4) is 0 Å². The maximum Gasteiger partial charge on any atom is 0.191 e. The number of rotatable bonds is 11. The van der Waals surface area contributed by atoms with Gasteiger partial charge in [0.25, 0.3) is 0 Å². The minimum absolute atomic E-state index is 0.119. The van der Waals surface area contributed by atoms with Gasteiger partial charge in [0.1, 0.15) is 5.75 Å². The summed E-state index contributed by atoms with van der Waals surface area (Å²) in [7, 11) is 1.66. The first-order valence-corrected chi connectivity index (χ1v) is 12.9. The van der Waals surface area contributed by atoms with Gasteiger partial charge in [0.2, 0.25) is 0 Å². The molecule has 0 radical (unpaired) electrons. The summed E-state index contributed by atoms with van der Waals surface area (Å²) in [5.74, 6) is 2.03. The molecule has 0 aliphatic rings. The Kier molecular flexibility index (Phi) is 8.08. The Morgan fingerprint density at radius 2 is 1.71 bits per heavy atom. The summed E-state index contributed by atoms with van der Waals surface area (Å²) in [6.45, 7) is 7.90. The van der Waals surface area contributed by atoms with Crippen molar-refractivity contribution in [1.82, 2.24) is 19.3 Å². The molecule has 0 spiro atoms. The number of ether oxygens (including phenoxy) is 1. The summed E-state index contributed by atoms with van der Waals surface area (Å²) < 4.78 is 9.64. The molecule has 2 aromatic carbocycles. The lowest BCUT2D eigenvalue weighted by Gasteiger charge is -2.11. The van der Waals surface area contributed by atoms with Crippen LogP contribution in [0.5, 0.6) is 5.75 Å². The van der Waals surface area contributed by atoms with Crippen molar-refractivity contribution in [3.05, 3.63) is 83.2 Å². The molecule has 0 saturated heterocycles. The number of hydrogen-bond donors (Lipinski definition) is 0. The minimum atomic E-state index is 0.119. The Bertz CT molecular complexity index is 1280. The normalized spacial score (nSPS) is 11.1. The fraction of sp³-hybridized carbons (Fsp3) is 0.321. The second kappa shape index (κ2) is 11.4. The monoisotopic (exact) mass is 488 g/mol. The lowest BCUT2D eigenvalue weighted by atomic mass is 10.1. The largest absolute Gasteiger partial charge is 0.497 e. The summed E-state index contributed by atoms with van der Waals surface area (Å²) in [6, 6.07) is 20.2. The van der Waals surface area contributed by atoms with Crippen LogP contribution in [0.4, 0.5) is 0 Å². The van der Waals surface area contributed by atoms with Crippen LogP contribution in [0, 0.1) is 13.8 Å². The Hall–Kier alpha value is -3.32. The number of hydrogen-bond acceptors (Lipinski definition) is 5. The van der Waals surface area contributed by atoms with Crippen molar-refractivity contribution in [2.24, 2.45) is 0 Å². The summed E-state index contributed by atoms with van der Waals surface area (Å²) in [5.41, 5.74) is 5.18. The molecule has 0 N–H and O–H groups in total. The summed E-state index contributed by atoms with van der Waals surface area (Å²) in [4.78, 5) is 13.1. The van der Waals surface area contributed by atoms with Crippen molar-refractivity contribution in [2.45, 2.75) is 51.9 Å². The highest BCUT2D eigenvalue weighted by atomic mass is 32.2. The number of aryl methyl sites for hydroxylation is 2. The lowest BCUT2D eigenvalue weighted by molar-refractivity contribution is 0.102. The standard InChI is InChI=1S/C28H32N4O2S/c1-5-16-31-20(2)18-25(21(31)3)26(33)19-35-28-30-29-27(23-11-13-24(34-4)14-12-23)32(28)17-15-22-9-7-6-8-10-22/h6-14,18H,5,15-17,19H2,1-4H3. The SMILES string of the molecule is CCCn1c(C)cc(C(=O)CSc2nnc(-c3ccc(OC)cc3)n2CCc2ccccc2)c1C. The molecule has 0 fully saturated rings. The fourth-order valence-electron chi connectivity index (χ4n) is 4.30. The molecule has 2 heterocycles. The number of Topliss-reactive ketones (excluding diaryl/α,β-unsaturated/α-hetero) is 1. The number of ketones is 1. The zero-order valence-electron chi connectivity index (χ0n) is 20.8. The summed E-state index contributed by atoms with van der Waals surface area (Å²) >= 11 is 1.45. The molecule has 7 heteroatoms. The quantitative estimate of drug-likeness (QED) is 0.191. The maximum atomic E-state index is 13.1. The molecule has 0 unspecified atom stereocenters. The molecule has 4 aromatic rings. The van der Waals surface area contributed by atoms with E-state index < -0.39 is 0 Å². The lowest BCUT2D eigenvalue weighted by Crippen LogP contribution is -2.09. The number of carbonyl (C=O) groups is 1. The van der Waals surface area contributed by atoms with Gasteiger partial charge in [-0.1, -0.05) is 49.0 Å². The number of aromatic nitrogens is 4. The zero-order chi connectivity index (χ0) is 24.8. The molecular weight excluding hydrogens is 456 g/mol. The van der Waals surface area contributed by atoms with Crippen LogP contribution < -0.4 is 4.74 Å². The number of thioether (sulfide) groups is 1. The van der Waals surface area contributed by atoms with Gasteiger partial charge in [-0.3, -0.25) is 4.79 Å².